The summed E-state index contributed by atoms with van der Waals surface area (Å²) in [6.45, 7) is 3.79. The van der Waals surface area contributed by atoms with E-state index in [-0.39, 0.29) is 18.0 Å². The van der Waals surface area contributed by atoms with Crippen LogP contribution in [0.4, 0.5) is 8.78 Å². The highest BCUT2D eigenvalue weighted by Gasteiger charge is 2.17. The highest BCUT2D eigenvalue weighted by atomic mass is 19.1. The number of carbonyl (C=O) groups excluding carboxylic acids is 1. The number of hydrogen-bond donors (Lipinski definition) is 0. The number of aromatic nitrogens is 3. The average molecular weight is 265 g/mol. The maximum absolute atomic E-state index is 13.5. The van der Waals surface area contributed by atoms with Crippen molar-refractivity contribution in [2.75, 3.05) is 0 Å². The van der Waals surface area contributed by atoms with Gasteiger partial charge < -0.3 is 0 Å². The minimum absolute atomic E-state index is 0.0441. The summed E-state index contributed by atoms with van der Waals surface area (Å²) in [5.74, 6) is -1.47. The van der Waals surface area contributed by atoms with E-state index in [1.54, 1.807) is 4.68 Å². The molecule has 2 rings (SSSR count). The van der Waals surface area contributed by atoms with Gasteiger partial charge >= 0.3 is 0 Å². The Morgan fingerprint density at radius 3 is 2.79 bits per heavy atom. The molecule has 0 fully saturated rings. The van der Waals surface area contributed by atoms with Crippen LogP contribution >= 0.6 is 0 Å². The molecule has 0 bridgehead atoms. The summed E-state index contributed by atoms with van der Waals surface area (Å²) in [5.41, 5.74) is -0.265. The Morgan fingerprint density at radius 1 is 1.37 bits per heavy atom. The van der Waals surface area contributed by atoms with Gasteiger partial charge in [0.1, 0.15) is 23.8 Å². The van der Waals surface area contributed by atoms with Crippen LogP contribution < -0.4 is 0 Å². The summed E-state index contributed by atoms with van der Waals surface area (Å²) < 4.78 is 28.1. The van der Waals surface area contributed by atoms with E-state index >= 15 is 0 Å². The molecule has 0 unspecified atom stereocenters. The van der Waals surface area contributed by atoms with Crippen molar-refractivity contribution in [2.45, 2.75) is 26.3 Å². The Morgan fingerprint density at radius 2 is 2.11 bits per heavy atom. The van der Waals surface area contributed by atoms with E-state index in [0.29, 0.717) is 5.82 Å². The first-order valence-corrected chi connectivity index (χ1v) is 5.85. The number of benzene rings is 1. The molecule has 0 saturated carbocycles. The van der Waals surface area contributed by atoms with Crippen molar-refractivity contribution in [3.8, 4) is 0 Å². The number of ketones is 1. The second-order valence-corrected chi connectivity index (χ2v) is 4.44. The van der Waals surface area contributed by atoms with Gasteiger partial charge in [0, 0.05) is 6.04 Å². The molecule has 0 saturated heterocycles. The molecule has 0 aliphatic heterocycles. The van der Waals surface area contributed by atoms with Gasteiger partial charge in [0.05, 0.1) is 12.0 Å². The Hall–Kier alpha value is -2.11. The highest BCUT2D eigenvalue weighted by Crippen LogP contribution is 2.14. The number of hydrogen-bond acceptors (Lipinski definition) is 3. The number of nitrogens with zero attached hydrogens (tertiary/aromatic N) is 3. The molecule has 1 heterocycles. The second-order valence-electron chi connectivity index (χ2n) is 4.44. The molecule has 1 aromatic heterocycles. The predicted octanol–water partition coefficient (Wildman–Crippen LogP) is 2.56. The van der Waals surface area contributed by atoms with Crippen LogP contribution in [0, 0.1) is 11.6 Å². The zero-order valence-corrected chi connectivity index (χ0v) is 10.6. The molecule has 2 aromatic rings. The van der Waals surface area contributed by atoms with Crippen molar-refractivity contribution in [3.63, 3.8) is 0 Å². The first-order valence-electron chi connectivity index (χ1n) is 5.85. The maximum Gasteiger partial charge on any atom is 0.173 e. The Balaban J connectivity index is 2.26. The van der Waals surface area contributed by atoms with Crippen LogP contribution in [0.1, 0.15) is 36.1 Å². The van der Waals surface area contributed by atoms with Crippen LogP contribution in [0.2, 0.25) is 0 Å². The molecule has 6 heteroatoms. The quantitative estimate of drug-likeness (QED) is 0.798. The van der Waals surface area contributed by atoms with E-state index in [9.17, 15) is 13.6 Å². The first kappa shape index (κ1) is 13.3. The summed E-state index contributed by atoms with van der Waals surface area (Å²) >= 11 is 0. The van der Waals surface area contributed by atoms with Crippen LogP contribution in [0.15, 0.2) is 24.5 Å². The first-order chi connectivity index (χ1) is 8.99. The molecule has 0 aliphatic carbocycles. The van der Waals surface area contributed by atoms with Crippen molar-refractivity contribution in [2.24, 2.45) is 0 Å². The lowest BCUT2D eigenvalue weighted by atomic mass is 10.1. The van der Waals surface area contributed by atoms with Gasteiger partial charge in [-0.1, -0.05) is 0 Å². The number of Topliss-reactive ketones (excluding diaryl/α,β-unsaturated/α-hetero) is 1. The summed E-state index contributed by atoms with van der Waals surface area (Å²) in [5, 5.41) is 3.99. The van der Waals surface area contributed by atoms with Crippen LogP contribution in [0.5, 0.6) is 0 Å². The minimum Gasteiger partial charge on any atom is -0.294 e. The topological polar surface area (TPSA) is 47.8 Å². The molecule has 1 aromatic carbocycles. The Kier molecular flexibility index (Phi) is 3.69. The minimum atomic E-state index is -0.734. The molecule has 0 spiro atoms. The third-order valence-corrected chi connectivity index (χ3v) is 2.68. The maximum atomic E-state index is 13.5. The van der Waals surface area contributed by atoms with E-state index in [2.05, 4.69) is 10.1 Å². The van der Waals surface area contributed by atoms with E-state index < -0.39 is 17.4 Å². The van der Waals surface area contributed by atoms with E-state index in [1.807, 2.05) is 13.8 Å². The third kappa shape index (κ3) is 2.83. The van der Waals surface area contributed by atoms with Crippen molar-refractivity contribution in [3.05, 3.63) is 47.5 Å². The van der Waals surface area contributed by atoms with Gasteiger partial charge in [-0.15, -0.1) is 0 Å². The van der Waals surface area contributed by atoms with Crippen molar-refractivity contribution in [1.82, 2.24) is 14.8 Å². The molecule has 0 amide bonds. The van der Waals surface area contributed by atoms with Crippen molar-refractivity contribution in [1.29, 1.82) is 0 Å². The average Bonchev–Trinajstić information content (AvgIpc) is 2.80. The van der Waals surface area contributed by atoms with E-state index in [4.69, 9.17) is 0 Å². The smallest absolute Gasteiger partial charge is 0.173 e. The fourth-order valence-electron chi connectivity index (χ4n) is 1.78. The molecule has 19 heavy (non-hydrogen) atoms. The van der Waals surface area contributed by atoms with Crippen molar-refractivity contribution >= 4 is 5.78 Å². The molecule has 0 radical (unpaired) electrons. The molecule has 0 atom stereocenters. The van der Waals surface area contributed by atoms with Gasteiger partial charge in [-0.25, -0.2) is 18.4 Å². The van der Waals surface area contributed by atoms with Gasteiger partial charge in [0.25, 0.3) is 0 Å². The van der Waals surface area contributed by atoms with Crippen LogP contribution in [-0.2, 0) is 6.42 Å². The predicted molar refractivity (Wildman–Crippen MR) is 64.8 cm³/mol. The highest BCUT2D eigenvalue weighted by molar-refractivity contribution is 5.97. The number of rotatable bonds is 4. The second kappa shape index (κ2) is 5.26. The summed E-state index contributed by atoms with van der Waals surface area (Å²) in [7, 11) is 0. The lowest BCUT2D eigenvalue weighted by Crippen LogP contribution is -2.14. The molecular weight excluding hydrogens is 252 g/mol. The summed E-state index contributed by atoms with van der Waals surface area (Å²) in [6, 6.07) is 2.86. The van der Waals surface area contributed by atoms with Crippen LogP contribution in [-0.4, -0.2) is 20.5 Å². The molecule has 4 nitrogen and oxygen atoms in total. The van der Waals surface area contributed by atoms with E-state index in [0.717, 1.165) is 18.2 Å². The molecule has 0 N–H and O–H groups in total. The number of halogens is 2. The Labute approximate surface area is 109 Å². The standard InChI is InChI=1S/C13H13F2N3O/c1-8(2)18-13(16-7-17-18)6-12(19)10-5-9(14)3-4-11(10)15/h3-5,7-8H,6H2,1-2H3. The van der Waals surface area contributed by atoms with E-state index in [1.165, 1.54) is 6.33 Å². The third-order valence-electron chi connectivity index (χ3n) is 2.68. The van der Waals surface area contributed by atoms with Gasteiger partial charge in [-0.2, -0.15) is 5.10 Å². The number of carbonyl (C=O) groups is 1. The fourth-order valence-corrected chi connectivity index (χ4v) is 1.78. The van der Waals surface area contributed by atoms with Crippen LogP contribution in [0.25, 0.3) is 0 Å². The van der Waals surface area contributed by atoms with Gasteiger partial charge in [-0.3, -0.25) is 4.79 Å². The van der Waals surface area contributed by atoms with Gasteiger partial charge in [-0.05, 0) is 32.0 Å². The molecule has 100 valence electrons. The van der Waals surface area contributed by atoms with Gasteiger partial charge in [0.15, 0.2) is 5.78 Å². The lowest BCUT2D eigenvalue weighted by molar-refractivity contribution is 0.0984. The molecular formula is C13H13F2N3O. The zero-order chi connectivity index (χ0) is 14.0. The Bertz CT molecular complexity index is 608. The summed E-state index contributed by atoms with van der Waals surface area (Å²) in [6.07, 6.45) is 1.23. The van der Waals surface area contributed by atoms with Crippen LogP contribution in [0.3, 0.4) is 0 Å². The normalized spacial score (nSPS) is 11.0. The van der Waals surface area contributed by atoms with Crippen molar-refractivity contribution < 1.29 is 13.6 Å². The zero-order valence-electron chi connectivity index (χ0n) is 10.6. The largest absolute Gasteiger partial charge is 0.294 e. The summed E-state index contributed by atoms with van der Waals surface area (Å²) in [4.78, 5) is 15.9. The fraction of sp³-hybridized carbons (Fsp3) is 0.308. The monoisotopic (exact) mass is 265 g/mol. The SMILES string of the molecule is CC(C)n1ncnc1CC(=O)c1cc(F)ccc1F. The lowest BCUT2D eigenvalue weighted by Gasteiger charge is -2.09. The molecule has 0 aliphatic rings. The van der Waals surface area contributed by atoms with Gasteiger partial charge in [0.2, 0.25) is 0 Å².